The van der Waals surface area contributed by atoms with Gasteiger partial charge in [0.25, 0.3) is 0 Å². The van der Waals surface area contributed by atoms with Gasteiger partial charge in [-0.1, -0.05) is 29.3 Å². The lowest BCUT2D eigenvalue weighted by atomic mass is 10.0. The number of esters is 1. The van der Waals surface area contributed by atoms with E-state index in [0.717, 1.165) is 45.1 Å². The molecule has 1 saturated carbocycles. The van der Waals surface area contributed by atoms with E-state index in [1.165, 1.54) is 49.8 Å². The SMILES string of the molecule is COc1ccc(C(=O)O[C@@H](Cc2c(Cl)c[n+](O)cc2Cl)c2ccc(OC(F)F)c(OCC3CC3)c2)cc1S(=O)(=O)NCCN1CCN(C)CC1. The Morgan fingerprint density at radius 2 is 1.72 bits per heavy atom. The number of carbonyl (C=O) groups excluding carboxylic acids is 1. The number of hydrogen-bond donors (Lipinski definition) is 2. The fraction of sp³-hybridized carbons (Fsp3) is 0.455. The second kappa shape index (κ2) is 16.7. The highest BCUT2D eigenvalue weighted by Gasteiger charge is 2.29. The molecule has 0 bridgehead atoms. The number of sulfonamides is 1. The summed E-state index contributed by atoms with van der Waals surface area (Å²) in [6.45, 7) is 1.25. The normalized spacial score (nSPS) is 16.3. The lowest BCUT2D eigenvalue weighted by molar-refractivity contribution is -0.904. The van der Waals surface area contributed by atoms with E-state index in [0.29, 0.717) is 28.3 Å². The third kappa shape index (κ3) is 10.1. The highest BCUT2D eigenvalue weighted by atomic mass is 35.5. The first kappa shape index (κ1) is 37.8. The van der Waals surface area contributed by atoms with Crippen LogP contribution in [0, 0.1) is 5.92 Å². The molecule has 3 aromatic rings. The average Bonchev–Trinajstić information content (AvgIpc) is 3.90. The number of likely N-dealkylation sites (N-methyl/N-ethyl adjacent to an activating group) is 1. The van der Waals surface area contributed by atoms with Gasteiger partial charge in [-0.15, -0.1) is 0 Å². The molecular weight excluding hydrogens is 721 g/mol. The van der Waals surface area contributed by atoms with Crippen molar-refractivity contribution in [2.45, 2.75) is 36.9 Å². The van der Waals surface area contributed by atoms with Crippen LogP contribution in [0.25, 0.3) is 0 Å². The predicted molar refractivity (Wildman–Crippen MR) is 179 cm³/mol. The molecule has 17 heteroatoms. The van der Waals surface area contributed by atoms with Crippen molar-refractivity contribution in [1.82, 2.24) is 14.5 Å². The third-order valence-electron chi connectivity index (χ3n) is 8.44. The molecule has 2 aromatic carbocycles. The molecule has 272 valence electrons. The Bertz CT molecular complexity index is 1750. The van der Waals surface area contributed by atoms with Gasteiger partial charge in [-0.2, -0.15) is 8.78 Å². The molecule has 1 aliphatic heterocycles. The molecule has 12 nitrogen and oxygen atoms in total. The molecule has 0 spiro atoms. The maximum Gasteiger partial charge on any atom is 0.387 e. The van der Waals surface area contributed by atoms with Crippen LogP contribution in [0.4, 0.5) is 8.78 Å². The fourth-order valence-corrected chi connectivity index (χ4v) is 7.19. The number of nitrogens with one attached hydrogen (secondary N) is 1. The first-order chi connectivity index (χ1) is 23.8. The lowest BCUT2D eigenvalue weighted by Gasteiger charge is -2.32. The first-order valence-corrected chi connectivity index (χ1v) is 18.2. The highest BCUT2D eigenvalue weighted by Crippen LogP contribution is 2.38. The smallest absolute Gasteiger partial charge is 0.387 e. The molecule has 0 amide bonds. The molecule has 50 heavy (non-hydrogen) atoms. The Morgan fingerprint density at radius 1 is 1.04 bits per heavy atom. The Balaban J connectivity index is 1.42. The van der Waals surface area contributed by atoms with E-state index >= 15 is 0 Å². The van der Waals surface area contributed by atoms with Crippen molar-refractivity contribution in [1.29, 1.82) is 0 Å². The number of carbonyl (C=O) groups is 1. The van der Waals surface area contributed by atoms with Gasteiger partial charge in [-0.3, -0.25) is 10.1 Å². The Labute approximate surface area is 299 Å². The minimum Gasteiger partial charge on any atom is -0.495 e. The molecule has 1 aromatic heterocycles. The quantitative estimate of drug-likeness (QED) is 0.122. The zero-order valence-corrected chi connectivity index (χ0v) is 29.8. The monoisotopic (exact) mass is 759 g/mol. The molecule has 1 saturated heterocycles. The van der Waals surface area contributed by atoms with Gasteiger partial charge in [0, 0.05) is 56.0 Å². The number of aromatic nitrogens is 1. The van der Waals surface area contributed by atoms with Crippen LogP contribution in [0.3, 0.4) is 0 Å². The van der Waals surface area contributed by atoms with Crippen LogP contribution in [-0.2, 0) is 21.2 Å². The number of ether oxygens (including phenoxy) is 4. The molecule has 0 radical (unpaired) electrons. The van der Waals surface area contributed by atoms with Crippen LogP contribution in [0.5, 0.6) is 17.2 Å². The van der Waals surface area contributed by atoms with Gasteiger partial charge in [0.1, 0.15) is 26.8 Å². The van der Waals surface area contributed by atoms with Gasteiger partial charge in [-0.05, 0) is 61.7 Å². The molecule has 1 atom stereocenters. The van der Waals surface area contributed by atoms with Crippen molar-refractivity contribution in [3.63, 3.8) is 0 Å². The number of rotatable bonds is 16. The Morgan fingerprint density at radius 3 is 2.36 bits per heavy atom. The number of pyridine rings is 1. The van der Waals surface area contributed by atoms with Gasteiger partial charge < -0.3 is 23.8 Å². The summed E-state index contributed by atoms with van der Waals surface area (Å²) in [6.07, 6.45) is 3.04. The van der Waals surface area contributed by atoms with Crippen LogP contribution in [-0.4, -0.2) is 96.0 Å². The number of halogens is 4. The molecule has 1 aliphatic carbocycles. The maximum absolute atomic E-state index is 13.7. The topological polar surface area (TPSA) is 131 Å². The molecular formula is C33H39Cl2F2N4O8S+. The summed E-state index contributed by atoms with van der Waals surface area (Å²) >= 11 is 12.8. The lowest BCUT2D eigenvalue weighted by Crippen LogP contribution is -2.46. The van der Waals surface area contributed by atoms with Gasteiger partial charge >= 0.3 is 12.6 Å². The standard InChI is InChI=1S/C33H39Cl2F2N4O8S/c1-39-11-13-40(14-12-39)10-9-38-50(44,45)31-16-23(6-8-28(31)46-2)32(42)48-29(17-24-25(34)18-41(43)19-26(24)35)22-5-7-27(49-33(36)37)30(15-22)47-20-21-3-4-21/h5-8,15-16,18-19,21,29,33,38,43H,3-4,9-14,17,20H2,1-2H3/q+1/t29-/m0/s1. The minimum absolute atomic E-state index is 0.0229. The van der Waals surface area contributed by atoms with E-state index in [1.54, 1.807) is 0 Å². The second-order valence-corrected chi connectivity index (χ2v) is 14.7. The number of alkyl halides is 2. The molecule has 2 N–H and O–H groups in total. The number of nitrogens with zero attached hydrogens (tertiary/aromatic N) is 3. The van der Waals surface area contributed by atoms with Gasteiger partial charge in [-0.25, -0.2) is 17.9 Å². The summed E-state index contributed by atoms with van der Waals surface area (Å²) in [6, 6.07) is 8.03. The first-order valence-electron chi connectivity index (χ1n) is 15.9. The Hall–Kier alpha value is -3.47. The number of hydrogen-bond acceptors (Lipinski definition) is 10. The predicted octanol–water partition coefficient (Wildman–Crippen LogP) is 4.58. The molecule has 2 aliphatic rings. The highest BCUT2D eigenvalue weighted by molar-refractivity contribution is 7.89. The van der Waals surface area contributed by atoms with Crippen LogP contribution in [0.2, 0.25) is 10.0 Å². The van der Waals surface area contributed by atoms with Gasteiger partial charge in [0.15, 0.2) is 11.5 Å². The van der Waals surface area contributed by atoms with Crippen molar-refractivity contribution in [2.24, 2.45) is 5.92 Å². The van der Waals surface area contributed by atoms with E-state index in [2.05, 4.69) is 19.3 Å². The third-order valence-corrected chi connectivity index (χ3v) is 10.6. The van der Waals surface area contributed by atoms with Crippen molar-refractivity contribution >= 4 is 39.2 Å². The summed E-state index contributed by atoms with van der Waals surface area (Å²) in [5.41, 5.74) is 0.537. The maximum atomic E-state index is 13.7. The largest absolute Gasteiger partial charge is 0.495 e. The zero-order chi connectivity index (χ0) is 36.0. The summed E-state index contributed by atoms with van der Waals surface area (Å²) in [5.74, 6) is -0.760. The number of piperazine rings is 1. The summed E-state index contributed by atoms with van der Waals surface area (Å²) in [7, 11) is -0.762. The molecule has 2 heterocycles. The van der Waals surface area contributed by atoms with E-state index in [9.17, 15) is 27.2 Å². The molecule has 5 rings (SSSR count). The van der Waals surface area contributed by atoms with Gasteiger partial charge in [0.05, 0.1) is 19.3 Å². The van der Waals surface area contributed by atoms with E-state index in [-0.39, 0.29) is 57.3 Å². The van der Waals surface area contributed by atoms with Crippen LogP contribution in [0.15, 0.2) is 53.7 Å². The Kier molecular flexibility index (Phi) is 12.6. The van der Waals surface area contributed by atoms with Crippen LogP contribution >= 0.6 is 23.2 Å². The molecule has 0 unspecified atom stereocenters. The summed E-state index contributed by atoms with van der Waals surface area (Å²) in [4.78, 5) is 17.8. The fourth-order valence-electron chi connectivity index (χ4n) is 5.37. The number of methoxy groups -OCH3 is 1. The van der Waals surface area contributed by atoms with E-state index in [4.69, 9.17) is 37.4 Å². The van der Waals surface area contributed by atoms with Gasteiger partial charge in [0.2, 0.25) is 22.4 Å². The average molecular weight is 761 g/mol. The van der Waals surface area contributed by atoms with E-state index < -0.39 is 28.7 Å². The van der Waals surface area contributed by atoms with Crippen molar-refractivity contribution in [3.05, 3.63) is 75.5 Å². The second-order valence-electron chi connectivity index (χ2n) is 12.2. The van der Waals surface area contributed by atoms with Crippen molar-refractivity contribution in [2.75, 3.05) is 60.0 Å². The van der Waals surface area contributed by atoms with Crippen LogP contribution < -0.4 is 23.7 Å². The molecule has 2 fully saturated rings. The number of benzene rings is 2. The van der Waals surface area contributed by atoms with E-state index in [1.807, 2.05) is 7.05 Å². The summed E-state index contributed by atoms with van der Waals surface area (Å²) in [5, 5.41) is 10.00. The summed E-state index contributed by atoms with van der Waals surface area (Å²) < 4.78 is 78.3. The van der Waals surface area contributed by atoms with Crippen molar-refractivity contribution < 1.29 is 50.9 Å². The minimum atomic E-state index is -4.12. The van der Waals surface area contributed by atoms with Crippen molar-refractivity contribution in [3.8, 4) is 17.2 Å². The van der Waals surface area contributed by atoms with Crippen LogP contribution in [0.1, 0.15) is 40.4 Å². The zero-order valence-electron chi connectivity index (χ0n) is 27.5.